The molecule has 21 heteroatoms. The predicted octanol–water partition coefficient (Wildman–Crippen LogP) is -9.25. The van der Waals surface area contributed by atoms with Crippen molar-refractivity contribution >= 4 is 11.9 Å². The summed E-state index contributed by atoms with van der Waals surface area (Å²) in [6, 6.07) is -1.71. The molecular formula is C23H39NO20. The molecule has 0 aliphatic carbocycles. The van der Waals surface area contributed by atoms with Gasteiger partial charge in [-0.05, 0) is 0 Å². The Labute approximate surface area is 248 Å². The van der Waals surface area contributed by atoms with Crippen LogP contribution < -0.4 is 5.32 Å². The van der Waals surface area contributed by atoms with Gasteiger partial charge in [-0.2, -0.15) is 0 Å². The van der Waals surface area contributed by atoms with Gasteiger partial charge in [0.05, 0.1) is 32.0 Å². The highest BCUT2D eigenvalue weighted by Crippen LogP contribution is 2.38. The first-order valence-electron chi connectivity index (χ1n) is 13.4. The maximum atomic E-state index is 12.6. The fourth-order valence-electron chi connectivity index (χ4n) is 5.15. The number of carbonyl (C=O) groups is 2. The number of carboxylic acids is 1. The highest BCUT2D eigenvalue weighted by atomic mass is 16.8. The van der Waals surface area contributed by atoms with Crippen LogP contribution in [0.2, 0.25) is 0 Å². The summed E-state index contributed by atoms with van der Waals surface area (Å²) < 4.78 is 27.0. The molecule has 0 unspecified atom stereocenters. The van der Waals surface area contributed by atoms with Crippen molar-refractivity contribution in [3.05, 3.63) is 0 Å². The quantitative estimate of drug-likeness (QED) is 0.0932. The standard InChI is InChI=1S/C23H39NO20/c25-2-7(30)12(32)18-11(24-10(31)5-28)6(29)1-23(43-18,22(38)39)44-19-16(36)20(37)40-9(4-27)17(19)42-21-15(35)14(34)13(33)8(3-26)41-21/h6-9,11-21,25-30,32-37H,1-5H2,(H,24,31)(H,38,39)/t6-,7+,8+,9+,11+,12+,13-,14-,15+,16+,17-,18+,19+,20+,21-,23-/m0/s1. The van der Waals surface area contributed by atoms with Crippen molar-refractivity contribution < 1.29 is 99.7 Å². The van der Waals surface area contributed by atoms with Gasteiger partial charge in [-0.3, -0.25) is 4.79 Å². The number of ether oxygens (including phenoxy) is 5. The zero-order valence-electron chi connectivity index (χ0n) is 22.9. The van der Waals surface area contributed by atoms with Gasteiger partial charge in [-0.15, -0.1) is 0 Å². The van der Waals surface area contributed by atoms with E-state index in [-0.39, 0.29) is 0 Å². The van der Waals surface area contributed by atoms with Gasteiger partial charge in [0.25, 0.3) is 5.79 Å². The third-order valence-electron chi connectivity index (χ3n) is 7.57. The highest BCUT2D eigenvalue weighted by molar-refractivity contribution is 5.78. The number of carboxylic acid groups (broad SMARTS) is 1. The number of nitrogens with one attached hydrogen (secondary N) is 1. The molecule has 0 aromatic carbocycles. The van der Waals surface area contributed by atoms with Crippen LogP contribution in [0.25, 0.3) is 0 Å². The van der Waals surface area contributed by atoms with Crippen LogP contribution in [0, 0.1) is 0 Å². The summed E-state index contributed by atoms with van der Waals surface area (Å²) in [7, 11) is 0. The molecule has 0 aromatic rings. The van der Waals surface area contributed by atoms with Gasteiger partial charge in [-0.25, -0.2) is 4.79 Å². The van der Waals surface area contributed by atoms with Crippen molar-refractivity contribution in [3.63, 3.8) is 0 Å². The number of aliphatic hydroxyl groups excluding tert-OH is 12. The van der Waals surface area contributed by atoms with Crippen LogP contribution in [-0.2, 0) is 33.3 Å². The maximum absolute atomic E-state index is 12.6. The summed E-state index contributed by atoms with van der Waals surface area (Å²) in [6.45, 7) is -4.09. The van der Waals surface area contributed by atoms with Crippen molar-refractivity contribution in [3.8, 4) is 0 Å². The molecular weight excluding hydrogens is 610 g/mol. The lowest BCUT2D eigenvalue weighted by Crippen LogP contribution is -2.71. The zero-order chi connectivity index (χ0) is 33.1. The van der Waals surface area contributed by atoms with E-state index >= 15 is 0 Å². The number of aliphatic hydroxyl groups is 12. The molecule has 3 saturated heterocycles. The lowest BCUT2D eigenvalue weighted by molar-refractivity contribution is -0.390. The second-order valence-corrected chi connectivity index (χ2v) is 10.5. The molecule has 1 amide bonds. The first-order valence-corrected chi connectivity index (χ1v) is 13.4. The average molecular weight is 650 g/mol. The van der Waals surface area contributed by atoms with Gasteiger partial charge < -0.3 is 95.4 Å². The Morgan fingerprint density at radius 3 is 2.05 bits per heavy atom. The van der Waals surface area contributed by atoms with E-state index in [1.54, 1.807) is 0 Å². The van der Waals surface area contributed by atoms with Gasteiger partial charge in [-0.1, -0.05) is 0 Å². The molecule has 16 atom stereocenters. The molecule has 21 nitrogen and oxygen atoms in total. The number of hydrogen-bond donors (Lipinski definition) is 14. The van der Waals surface area contributed by atoms with Crippen molar-refractivity contribution in [1.82, 2.24) is 5.32 Å². The van der Waals surface area contributed by atoms with E-state index in [1.807, 2.05) is 0 Å². The van der Waals surface area contributed by atoms with Crippen LogP contribution >= 0.6 is 0 Å². The minimum absolute atomic E-state index is 0.873. The van der Waals surface area contributed by atoms with Gasteiger partial charge in [0.15, 0.2) is 12.6 Å². The van der Waals surface area contributed by atoms with Crippen molar-refractivity contribution in [2.75, 3.05) is 26.4 Å². The zero-order valence-corrected chi connectivity index (χ0v) is 22.9. The van der Waals surface area contributed by atoms with Crippen LogP contribution in [0.3, 0.4) is 0 Å². The minimum atomic E-state index is -3.11. The van der Waals surface area contributed by atoms with Crippen LogP contribution in [0.15, 0.2) is 0 Å². The summed E-state index contributed by atoms with van der Waals surface area (Å²) in [5.74, 6) is -6.25. The smallest absolute Gasteiger partial charge is 0.364 e. The lowest BCUT2D eigenvalue weighted by atomic mass is 9.88. The number of amides is 1. The van der Waals surface area contributed by atoms with E-state index < -0.39 is 142 Å². The molecule has 0 bridgehead atoms. The Balaban J connectivity index is 2.01. The molecule has 14 N–H and O–H groups in total. The summed E-state index contributed by atoms with van der Waals surface area (Å²) in [4.78, 5) is 24.5. The fourth-order valence-corrected chi connectivity index (χ4v) is 5.15. The third kappa shape index (κ3) is 7.45. The Morgan fingerprint density at radius 1 is 0.864 bits per heavy atom. The third-order valence-corrected chi connectivity index (χ3v) is 7.57. The van der Waals surface area contributed by atoms with Gasteiger partial charge in [0.1, 0.15) is 73.8 Å². The second-order valence-electron chi connectivity index (χ2n) is 10.5. The van der Waals surface area contributed by atoms with Crippen molar-refractivity contribution in [2.24, 2.45) is 0 Å². The summed E-state index contributed by atoms with van der Waals surface area (Å²) in [5.41, 5.74) is 0. The fraction of sp³-hybridized carbons (Fsp3) is 0.913. The molecule has 3 rings (SSSR count). The largest absolute Gasteiger partial charge is 0.477 e. The molecule has 3 fully saturated rings. The predicted molar refractivity (Wildman–Crippen MR) is 131 cm³/mol. The highest BCUT2D eigenvalue weighted by Gasteiger charge is 2.60. The number of aliphatic carboxylic acids is 1. The molecule has 44 heavy (non-hydrogen) atoms. The molecule has 3 aliphatic rings. The molecule has 0 saturated carbocycles. The Morgan fingerprint density at radius 2 is 1.50 bits per heavy atom. The number of hydrogen-bond acceptors (Lipinski definition) is 19. The van der Waals surface area contributed by atoms with Crippen LogP contribution in [0.1, 0.15) is 6.42 Å². The first kappa shape index (κ1) is 36.7. The Hall–Kier alpha value is -1.74. The summed E-state index contributed by atoms with van der Waals surface area (Å²) in [5, 5.41) is 133. The Kier molecular flexibility index (Phi) is 12.7. The minimum Gasteiger partial charge on any atom is -0.477 e. The summed E-state index contributed by atoms with van der Waals surface area (Å²) in [6.07, 6.45) is -28.8. The molecule has 3 heterocycles. The SMILES string of the molecule is O=C(CO)N[C@H]1[C@H]([C@H](O)[C@H](O)CO)O[C@@](O[C@@H]2[C@@H](O)[C@H](O)O[C@H](CO)[C@@H]2O[C@@H]2O[C@H](CO)[C@H](O)[C@H](O)[C@H]2O)(C(=O)O)C[C@@H]1O. The monoisotopic (exact) mass is 649 g/mol. The molecule has 0 aromatic heterocycles. The molecule has 3 aliphatic heterocycles. The van der Waals surface area contributed by atoms with E-state index in [2.05, 4.69) is 5.32 Å². The van der Waals surface area contributed by atoms with Crippen LogP contribution in [0.5, 0.6) is 0 Å². The molecule has 256 valence electrons. The normalized spacial score (nSPS) is 44.5. The van der Waals surface area contributed by atoms with E-state index in [9.17, 15) is 70.9 Å². The van der Waals surface area contributed by atoms with E-state index in [1.165, 1.54) is 0 Å². The van der Waals surface area contributed by atoms with Gasteiger partial charge in [0.2, 0.25) is 5.91 Å². The number of rotatable bonds is 12. The van der Waals surface area contributed by atoms with Gasteiger partial charge >= 0.3 is 5.97 Å². The van der Waals surface area contributed by atoms with Crippen LogP contribution in [-0.4, -0.2) is 202 Å². The molecule has 0 radical (unpaired) electrons. The van der Waals surface area contributed by atoms with Crippen LogP contribution in [0.4, 0.5) is 0 Å². The van der Waals surface area contributed by atoms with E-state index in [0.29, 0.717) is 0 Å². The summed E-state index contributed by atoms with van der Waals surface area (Å²) >= 11 is 0. The second kappa shape index (κ2) is 15.2. The number of carbonyl (C=O) groups excluding carboxylic acids is 1. The topological polar surface area (TPSA) is 355 Å². The first-order chi connectivity index (χ1) is 20.7. The molecule has 0 spiro atoms. The maximum Gasteiger partial charge on any atom is 0.364 e. The van der Waals surface area contributed by atoms with E-state index in [4.69, 9.17) is 28.8 Å². The average Bonchev–Trinajstić information content (AvgIpc) is 3.00. The van der Waals surface area contributed by atoms with Crippen molar-refractivity contribution in [2.45, 2.75) is 104 Å². The van der Waals surface area contributed by atoms with Crippen molar-refractivity contribution in [1.29, 1.82) is 0 Å². The van der Waals surface area contributed by atoms with E-state index in [0.717, 1.165) is 0 Å². The van der Waals surface area contributed by atoms with Gasteiger partial charge in [0, 0.05) is 6.42 Å². The lowest BCUT2D eigenvalue weighted by Gasteiger charge is -2.51. The Bertz CT molecular complexity index is 959.